The third-order valence-corrected chi connectivity index (χ3v) is 8.28. The summed E-state index contributed by atoms with van der Waals surface area (Å²) in [5, 5.41) is 1.68. The van der Waals surface area contributed by atoms with E-state index in [1.807, 2.05) is 13.8 Å². The van der Waals surface area contributed by atoms with Crippen LogP contribution in [0.3, 0.4) is 0 Å². The zero-order valence-electron chi connectivity index (χ0n) is 16.6. The summed E-state index contributed by atoms with van der Waals surface area (Å²) in [6.07, 6.45) is 0.340. The van der Waals surface area contributed by atoms with E-state index in [4.69, 9.17) is 4.74 Å². The van der Waals surface area contributed by atoms with E-state index in [9.17, 15) is 18.0 Å². The lowest BCUT2D eigenvalue weighted by atomic mass is 10.2. The second kappa shape index (κ2) is 8.64. The molecule has 156 valence electrons. The van der Waals surface area contributed by atoms with Crippen molar-refractivity contribution in [1.82, 2.24) is 4.31 Å². The molecule has 0 saturated carbocycles. The SMILES string of the molecule is CCOc1ccc(N2C(=O)CC(N(C(C)CC)S(=O)(=O)c3cccs3)C2=O)cc1. The van der Waals surface area contributed by atoms with Gasteiger partial charge in [-0.1, -0.05) is 13.0 Å². The highest BCUT2D eigenvalue weighted by Gasteiger charge is 2.48. The molecule has 2 unspecified atom stereocenters. The minimum atomic E-state index is -3.90. The van der Waals surface area contributed by atoms with Crippen molar-refractivity contribution in [2.75, 3.05) is 11.5 Å². The first-order chi connectivity index (χ1) is 13.8. The highest BCUT2D eigenvalue weighted by molar-refractivity contribution is 7.91. The predicted molar refractivity (Wildman–Crippen MR) is 112 cm³/mol. The molecule has 3 rings (SSSR count). The van der Waals surface area contributed by atoms with Crippen molar-refractivity contribution in [2.45, 2.75) is 49.9 Å². The van der Waals surface area contributed by atoms with Crippen molar-refractivity contribution in [3.8, 4) is 5.75 Å². The number of hydrogen-bond acceptors (Lipinski definition) is 6. The number of anilines is 1. The monoisotopic (exact) mass is 436 g/mol. The van der Waals surface area contributed by atoms with Gasteiger partial charge in [0.25, 0.3) is 15.9 Å². The molecule has 2 aromatic rings. The van der Waals surface area contributed by atoms with Crippen molar-refractivity contribution in [2.24, 2.45) is 0 Å². The second-order valence-corrected chi connectivity index (χ2v) is 9.76. The lowest BCUT2D eigenvalue weighted by molar-refractivity contribution is -0.122. The van der Waals surface area contributed by atoms with E-state index < -0.39 is 33.9 Å². The topological polar surface area (TPSA) is 84.0 Å². The first kappa shape index (κ1) is 21.5. The molecule has 29 heavy (non-hydrogen) atoms. The molecular formula is C20H24N2O5S2. The summed E-state index contributed by atoms with van der Waals surface area (Å²) in [6, 6.07) is 8.31. The summed E-state index contributed by atoms with van der Waals surface area (Å²) >= 11 is 1.10. The molecule has 0 bridgehead atoms. The van der Waals surface area contributed by atoms with Crippen LogP contribution >= 0.6 is 11.3 Å². The van der Waals surface area contributed by atoms with Crippen LogP contribution in [0.2, 0.25) is 0 Å². The number of rotatable bonds is 8. The van der Waals surface area contributed by atoms with Crippen molar-refractivity contribution in [3.63, 3.8) is 0 Å². The minimum Gasteiger partial charge on any atom is -0.494 e. The second-order valence-electron chi connectivity index (χ2n) is 6.74. The summed E-state index contributed by atoms with van der Waals surface area (Å²) < 4.78 is 33.2. The number of carbonyl (C=O) groups is 2. The van der Waals surface area contributed by atoms with E-state index in [1.165, 1.54) is 10.4 Å². The number of imide groups is 1. The molecule has 2 amide bonds. The number of sulfonamides is 1. The van der Waals surface area contributed by atoms with Gasteiger partial charge in [-0.25, -0.2) is 13.3 Å². The standard InChI is InChI=1S/C20H24N2O5S2/c1-4-14(3)22(29(25,26)19-7-6-12-28-19)17-13-18(23)21(20(17)24)15-8-10-16(11-9-15)27-5-2/h6-12,14,17H,4-5,13H2,1-3H3. The zero-order chi connectivity index (χ0) is 21.2. The molecule has 1 aromatic heterocycles. The van der Waals surface area contributed by atoms with Crippen LogP contribution in [0.5, 0.6) is 5.75 Å². The van der Waals surface area contributed by atoms with Gasteiger partial charge in [0, 0.05) is 6.04 Å². The zero-order valence-corrected chi connectivity index (χ0v) is 18.2. The number of nitrogens with zero attached hydrogens (tertiary/aromatic N) is 2. The molecule has 1 fully saturated rings. The van der Waals surface area contributed by atoms with E-state index in [-0.39, 0.29) is 10.6 Å². The number of ether oxygens (including phenoxy) is 1. The average molecular weight is 437 g/mol. The Morgan fingerprint density at radius 1 is 1.21 bits per heavy atom. The normalized spacial score (nSPS) is 18.5. The van der Waals surface area contributed by atoms with Crippen LogP contribution in [0.25, 0.3) is 0 Å². The molecule has 0 N–H and O–H groups in total. The van der Waals surface area contributed by atoms with Crippen molar-refractivity contribution in [1.29, 1.82) is 0 Å². The third kappa shape index (κ3) is 4.08. The van der Waals surface area contributed by atoms with Gasteiger partial charge >= 0.3 is 0 Å². The maximum atomic E-state index is 13.2. The van der Waals surface area contributed by atoms with Gasteiger partial charge in [-0.2, -0.15) is 4.31 Å². The Balaban J connectivity index is 1.95. The number of hydrogen-bond donors (Lipinski definition) is 0. The quantitative estimate of drug-likeness (QED) is 0.593. The van der Waals surface area contributed by atoms with Crippen LogP contribution < -0.4 is 9.64 Å². The van der Waals surface area contributed by atoms with E-state index in [0.717, 1.165) is 16.2 Å². The number of amides is 2. The molecule has 9 heteroatoms. The van der Waals surface area contributed by atoms with Crippen LogP contribution in [0.4, 0.5) is 5.69 Å². The highest BCUT2D eigenvalue weighted by Crippen LogP contribution is 2.33. The van der Waals surface area contributed by atoms with Gasteiger partial charge < -0.3 is 4.74 Å². The fourth-order valence-corrected chi connectivity index (χ4v) is 6.29. The largest absolute Gasteiger partial charge is 0.494 e. The number of benzene rings is 1. The van der Waals surface area contributed by atoms with Crippen molar-refractivity contribution in [3.05, 3.63) is 41.8 Å². The van der Waals surface area contributed by atoms with Gasteiger partial charge in [0.15, 0.2) is 0 Å². The Morgan fingerprint density at radius 2 is 1.90 bits per heavy atom. The molecule has 1 aliphatic rings. The van der Waals surface area contributed by atoms with Gasteiger partial charge in [0.1, 0.15) is 16.0 Å². The molecule has 2 heterocycles. The molecule has 0 radical (unpaired) electrons. The first-order valence-electron chi connectivity index (χ1n) is 9.48. The first-order valence-corrected chi connectivity index (χ1v) is 11.8. The number of carbonyl (C=O) groups excluding carboxylic acids is 2. The van der Waals surface area contributed by atoms with Crippen LogP contribution in [-0.4, -0.2) is 43.2 Å². The summed E-state index contributed by atoms with van der Waals surface area (Å²) in [4.78, 5) is 26.9. The smallest absolute Gasteiger partial charge is 0.253 e. The van der Waals surface area contributed by atoms with Gasteiger partial charge in [0.2, 0.25) is 5.91 Å². The van der Waals surface area contributed by atoms with E-state index in [1.54, 1.807) is 42.6 Å². The molecular weight excluding hydrogens is 412 g/mol. The van der Waals surface area contributed by atoms with E-state index in [0.29, 0.717) is 24.5 Å². The Labute approximate surface area is 174 Å². The van der Waals surface area contributed by atoms with Gasteiger partial charge in [-0.3, -0.25) is 9.59 Å². The maximum absolute atomic E-state index is 13.2. The van der Waals surface area contributed by atoms with Crippen LogP contribution in [-0.2, 0) is 19.6 Å². The van der Waals surface area contributed by atoms with Crippen molar-refractivity contribution < 1.29 is 22.7 Å². The van der Waals surface area contributed by atoms with Crippen LogP contribution in [0.15, 0.2) is 46.0 Å². The molecule has 2 atom stereocenters. The Kier molecular flexibility index (Phi) is 6.40. The predicted octanol–water partition coefficient (Wildman–Crippen LogP) is 3.27. The van der Waals surface area contributed by atoms with Crippen molar-refractivity contribution >= 4 is 38.9 Å². The lowest BCUT2D eigenvalue weighted by Crippen LogP contribution is -2.49. The third-order valence-electron chi connectivity index (χ3n) is 4.89. The fraction of sp³-hybridized carbons (Fsp3) is 0.400. The summed E-state index contributed by atoms with van der Waals surface area (Å²) in [5.41, 5.74) is 0.406. The summed E-state index contributed by atoms with van der Waals surface area (Å²) in [5.74, 6) is -0.313. The van der Waals surface area contributed by atoms with Crippen LogP contribution in [0, 0.1) is 0 Å². The maximum Gasteiger partial charge on any atom is 0.253 e. The van der Waals surface area contributed by atoms with Gasteiger partial charge in [-0.05, 0) is 56.0 Å². The van der Waals surface area contributed by atoms with E-state index in [2.05, 4.69) is 0 Å². The Hall–Kier alpha value is -2.23. The molecule has 1 aromatic carbocycles. The highest BCUT2D eigenvalue weighted by atomic mass is 32.2. The fourth-order valence-electron chi connectivity index (χ4n) is 3.35. The average Bonchev–Trinajstić information content (AvgIpc) is 3.32. The summed E-state index contributed by atoms with van der Waals surface area (Å²) in [7, 11) is -3.90. The Morgan fingerprint density at radius 3 is 2.45 bits per heavy atom. The molecule has 0 aliphatic carbocycles. The van der Waals surface area contributed by atoms with Gasteiger partial charge in [-0.15, -0.1) is 11.3 Å². The number of thiophene rings is 1. The molecule has 1 aliphatic heterocycles. The summed E-state index contributed by atoms with van der Waals surface area (Å²) in [6.45, 7) is 5.98. The molecule has 0 spiro atoms. The Bertz CT molecular complexity index is 971. The van der Waals surface area contributed by atoms with E-state index >= 15 is 0 Å². The molecule has 1 saturated heterocycles. The molecule has 7 nitrogen and oxygen atoms in total. The minimum absolute atomic E-state index is 0.164. The lowest BCUT2D eigenvalue weighted by Gasteiger charge is -2.31. The van der Waals surface area contributed by atoms with Gasteiger partial charge in [0.05, 0.1) is 18.7 Å². The van der Waals surface area contributed by atoms with Crippen LogP contribution in [0.1, 0.15) is 33.6 Å².